The first-order valence-corrected chi connectivity index (χ1v) is 8.87. The molecule has 1 aromatic heterocycles. The van der Waals surface area contributed by atoms with Gasteiger partial charge in [0.05, 0.1) is 17.4 Å². The minimum atomic E-state index is -1.26. The number of amides is 1. The molecule has 0 saturated carbocycles. The van der Waals surface area contributed by atoms with Gasteiger partial charge in [-0.2, -0.15) is 5.10 Å². The number of carboxylic acid groups (broad SMARTS) is 1. The summed E-state index contributed by atoms with van der Waals surface area (Å²) in [4.78, 5) is 11.2. The van der Waals surface area contributed by atoms with Crippen LogP contribution in [-0.4, -0.2) is 27.6 Å². The van der Waals surface area contributed by atoms with Crippen LogP contribution in [0.15, 0.2) is 36.5 Å². The topological polar surface area (TPSA) is 112 Å². The van der Waals surface area contributed by atoms with Crippen LogP contribution in [0.4, 0.5) is 20.6 Å². The van der Waals surface area contributed by atoms with E-state index in [2.05, 4.69) is 10.4 Å². The van der Waals surface area contributed by atoms with Gasteiger partial charge in [-0.1, -0.05) is 0 Å². The number of carbonyl (C=O) groups is 1. The first-order valence-electron chi connectivity index (χ1n) is 8.87. The molecule has 1 aliphatic heterocycles. The lowest BCUT2D eigenvalue weighted by atomic mass is 10.1. The van der Waals surface area contributed by atoms with Gasteiger partial charge in [-0.05, 0) is 43.5 Å². The van der Waals surface area contributed by atoms with Crippen molar-refractivity contribution in [3.63, 3.8) is 0 Å². The SMILES string of the molecule is Nc1ccc(Oc2cc3cnn(C4CCCCO4)c3cc2NC(=O)O)c(F)c1. The molecule has 2 heterocycles. The van der Waals surface area contributed by atoms with E-state index in [9.17, 15) is 14.3 Å². The molecule has 0 spiro atoms. The Morgan fingerprint density at radius 2 is 2.18 bits per heavy atom. The van der Waals surface area contributed by atoms with E-state index in [0.29, 0.717) is 12.1 Å². The highest BCUT2D eigenvalue weighted by Gasteiger charge is 2.21. The molecule has 1 amide bonds. The van der Waals surface area contributed by atoms with E-state index in [1.54, 1.807) is 23.0 Å². The van der Waals surface area contributed by atoms with E-state index in [4.69, 9.17) is 15.2 Å². The molecule has 8 nitrogen and oxygen atoms in total. The van der Waals surface area contributed by atoms with E-state index in [0.717, 1.165) is 30.7 Å². The van der Waals surface area contributed by atoms with Crippen molar-refractivity contribution >= 4 is 28.4 Å². The van der Waals surface area contributed by atoms with Crippen molar-refractivity contribution < 1.29 is 23.8 Å². The fraction of sp³-hybridized carbons (Fsp3) is 0.263. The molecule has 4 rings (SSSR count). The molecule has 1 unspecified atom stereocenters. The van der Waals surface area contributed by atoms with Gasteiger partial charge in [0.2, 0.25) is 0 Å². The molecule has 2 aromatic carbocycles. The van der Waals surface area contributed by atoms with Crippen molar-refractivity contribution in [3.8, 4) is 11.5 Å². The highest BCUT2D eigenvalue weighted by molar-refractivity contribution is 5.92. The summed E-state index contributed by atoms with van der Waals surface area (Å²) in [7, 11) is 0. The summed E-state index contributed by atoms with van der Waals surface area (Å²) in [6, 6.07) is 7.25. The molecule has 9 heteroatoms. The summed E-state index contributed by atoms with van der Waals surface area (Å²) >= 11 is 0. The van der Waals surface area contributed by atoms with Gasteiger partial charge in [0.25, 0.3) is 0 Å². The second kappa shape index (κ2) is 7.35. The third-order valence-corrected chi connectivity index (χ3v) is 4.54. The largest absolute Gasteiger partial charge is 0.465 e. The number of nitrogen functional groups attached to an aromatic ring is 1. The van der Waals surface area contributed by atoms with Gasteiger partial charge in [0.1, 0.15) is 0 Å². The zero-order valence-corrected chi connectivity index (χ0v) is 14.9. The van der Waals surface area contributed by atoms with Gasteiger partial charge in [-0.25, -0.2) is 13.9 Å². The molecule has 3 aromatic rings. The number of nitrogens with two attached hydrogens (primary N) is 1. The highest BCUT2D eigenvalue weighted by Crippen LogP contribution is 2.36. The number of hydrogen-bond acceptors (Lipinski definition) is 5. The average molecular weight is 386 g/mol. The van der Waals surface area contributed by atoms with Crippen molar-refractivity contribution in [1.82, 2.24) is 9.78 Å². The van der Waals surface area contributed by atoms with Gasteiger partial charge in [0.15, 0.2) is 23.5 Å². The highest BCUT2D eigenvalue weighted by atomic mass is 19.1. The Labute approximate surface area is 159 Å². The third kappa shape index (κ3) is 3.56. The van der Waals surface area contributed by atoms with Crippen LogP contribution in [0, 0.1) is 5.82 Å². The molecule has 1 aliphatic rings. The van der Waals surface area contributed by atoms with Crippen molar-refractivity contribution in [3.05, 3.63) is 42.3 Å². The van der Waals surface area contributed by atoms with E-state index in [1.807, 2.05) is 0 Å². The molecule has 0 radical (unpaired) electrons. The number of ether oxygens (including phenoxy) is 2. The zero-order chi connectivity index (χ0) is 19.7. The van der Waals surface area contributed by atoms with Crippen LogP contribution in [0.5, 0.6) is 11.5 Å². The summed E-state index contributed by atoms with van der Waals surface area (Å²) in [5.74, 6) is -0.555. The quantitative estimate of drug-likeness (QED) is 0.575. The lowest BCUT2D eigenvalue weighted by molar-refractivity contribution is -0.0366. The number of benzene rings is 2. The first kappa shape index (κ1) is 18.1. The van der Waals surface area contributed by atoms with Crippen LogP contribution < -0.4 is 15.8 Å². The zero-order valence-electron chi connectivity index (χ0n) is 14.9. The molecule has 146 valence electrons. The Hall–Kier alpha value is -3.33. The Morgan fingerprint density at radius 1 is 1.32 bits per heavy atom. The number of nitrogens with zero attached hydrogens (tertiary/aromatic N) is 2. The van der Waals surface area contributed by atoms with E-state index < -0.39 is 11.9 Å². The molecule has 1 fully saturated rings. The van der Waals surface area contributed by atoms with E-state index in [1.165, 1.54) is 12.1 Å². The number of nitrogens with one attached hydrogen (secondary N) is 1. The molecule has 0 aliphatic carbocycles. The predicted octanol–water partition coefficient (Wildman–Crippen LogP) is 4.34. The molecule has 1 atom stereocenters. The summed E-state index contributed by atoms with van der Waals surface area (Å²) in [6.45, 7) is 0.657. The standard InChI is InChI=1S/C19H19FN4O4/c20-13-8-12(21)4-5-16(13)28-17-7-11-10-22-24(18-3-1-2-6-27-18)15(11)9-14(17)23-19(25)26/h4-5,7-10,18,23H,1-3,6,21H2,(H,25,26). The lowest BCUT2D eigenvalue weighted by Crippen LogP contribution is -2.19. The number of fused-ring (bicyclic) bond motifs is 1. The molecule has 0 bridgehead atoms. The van der Waals surface area contributed by atoms with Gasteiger partial charge >= 0.3 is 6.09 Å². The van der Waals surface area contributed by atoms with Crippen LogP contribution in [0.1, 0.15) is 25.5 Å². The molecule has 1 saturated heterocycles. The van der Waals surface area contributed by atoms with E-state index in [-0.39, 0.29) is 29.1 Å². The monoisotopic (exact) mass is 386 g/mol. The third-order valence-electron chi connectivity index (χ3n) is 4.54. The van der Waals surface area contributed by atoms with Crippen molar-refractivity contribution in [2.45, 2.75) is 25.5 Å². The lowest BCUT2D eigenvalue weighted by Gasteiger charge is -2.23. The summed E-state index contributed by atoms with van der Waals surface area (Å²) in [5, 5.41) is 16.6. The van der Waals surface area contributed by atoms with Crippen molar-refractivity contribution in [1.29, 1.82) is 0 Å². The number of hydrogen-bond donors (Lipinski definition) is 3. The Bertz CT molecular complexity index is 1030. The second-order valence-electron chi connectivity index (χ2n) is 6.54. The number of anilines is 2. The molecule has 4 N–H and O–H groups in total. The first-order chi connectivity index (χ1) is 13.5. The molecule has 28 heavy (non-hydrogen) atoms. The van der Waals surface area contributed by atoms with Crippen LogP contribution >= 0.6 is 0 Å². The summed E-state index contributed by atoms with van der Waals surface area (Å²) in [5.41, 5.74) is 6.69. The van der Waals surface area contributed by atoms with Crippen LogP contribution in [-0.2, 0) is 4.74 Å². The van der Waals surface area contributed by atoms with Crippen LogP contribution in [0.25, 0.3) is 10.9 Å². The fourth-order valence-corrected chi connectivity index (χ4v) is 3.23. The number of halogens is 1. The smallest absolute Gasteiger partial charge is 0.409 e. The van der Waals surface area contributed by atoms with E-state index >= 15 is 0 Å². The maximum atomic E-state index is 14.1. The van der Waals surface area contributed by atoms with Gasteiger partial charge in [0, 0.05) is 23.7 Å². The normalized spacial score (nSPS) is 16.8. The Balaban J connectivity index is 1.75. The summed E-state index contributed by atoms with van der Waals surface area (Å²) in [6.07, 6.45) is 3.04. The van der Waals surface area contributed by atoms with Gasteiger partial charge < -0.3 is 20.3 Å². The minimum Gasteiger partial charge on any atom is -0.465 e. The van der Waals surface area contributed by atoms with Gasteiger partial charge in [-0.3, -0.25) is 5.32 Å². The fourth-order valence-electron chi connectivity index (χ4n) is 3.23. The Morgan fingerprint density at radius 3 is 2.89 bits per heavy atom. The minimum absolute atomic E-state index is 0.0648. The maximum absolute atomic E-state index is 14.1. The molecular weight excluding hydrogens is 367 g/mol. The number of aromatic nitrogens is 2. The predicted molar refractivity (Wildman–Crippen MR) is 101 cm³/mol. The van der Waals surface area contributed by atoms with Gasteiger partial charge in [-0.15, -0.1) is 0 Å². The Kier molecular flexibility index (Phi) is 4.74. The number of rotatable bonds is 4. The average Bonchev–Trinajstić information content (AvgIpc) is 3.07. The van der Waals surface area contributed by atoms with Crippen molar-refractivity contribution in [2.75, 3.05) is 17.7 Å². The summed E-state index contributed by atoms with van der Waals surface area (Å²) < 4.78 is 27.3. The van der Waals surface area contributed by atoms with Crippen LogP contribution in [0.2, 0.25) is 0 Å². The van der Waals surface area contributed by atoms with Crippen molar-refractivity contribution in [2.24, 2.45) is 0 Å². The second-order valence-corrected chi connectivity index (χ2v) is 6.54. The maximum Gasteiger partial charge on any atom is 0.409 e. The van der Waals surface area contributed by atoms with Crippen LogP contribution in [0.3, 0.4) is 0 Å². The molecular formula is C19H19FN4O4.